The van der Waals surface area contributed by atoms with E-state index in [9.17, 15) is 4.79 Å². The molecule has 0 radical (unpaired) electrons. The lowest BCUT2D eigenvalue weighted by molar-refractivity contribution is -0.120. The molecule has 9 heavy (non-hydrogen) atoms. The van der Waals surface area contributed by atoms with E-state index in [0.717, 1.165) is 0 Å². The molecule has 2 nitrogen and oxygen atoms in total. The molecule has 0 aromatic heterocycles. The Balaban J connectivity index is 3.85. The fraction of sp³-hybridized carbons (Fsp3) is 0.833. The Morgan fingerprint density at radius 1 is 1.78 bits per heavy atom. The summed E-state index contributed by atoms with van der Waals surface area (Å²) < 4.78 is 0. The van der Waals surface area contributed by atoms with Crippen molar-refractivity contribution in [3.63, 3.8) is 0 Å². The molecule has 0 aliphatic rings. The van der Waals surface area contributed by atoms with Crippen LogP contribution in [0.2, 0.25) is 0 Å². The van der Waals surface area contributed by atoms with Gasteiger partial charge in [-0.1, -0.05) is 0 Å². The van der Waals surface area contributed by atoms with Crippen LogP contribution in [0, 0.1) is 0 Å². The van der Waals surface area contributed by atoms with Crippen molar-refractivity contribution in [1.29, 1.82) is 0 Å². The smallest absolute Gasteiger partial charge is 0.150 e. The molecule has 0 aliphatic heterocycles. The summed E-state index contributed by atoms with van der Waals surface area (Å²) >= 11 is 1.59. The van der Waals surface area contributed by atoms with Gasteiger partial charge >= 0.3 is 0 Å². The van der Waals surface area contributed by atoms with Gasteiger partial charge < -0.3 is 5.73 Å². The third kappa shape index (κ3) is 2.87. The highest BCUT2D eigenvalue weighted by Crippen LogP contribution is 2.07. The Hall–Kier alpha value is -0.0200. The molecular formula is C6H13NOS. The maximum Gasteiger partial charge on any atom is 0.150 e. The van der Waals surface area contributed by atoms with Crippen LogP contribution in [0.25, 0.3) is 0 Å². The van der Waals surface area contributed by atoms with Crippen LogP contribution in [0.4, 0.5) is 0 Å². The summed E-state index contributed by atoms with van der Waals surface area (Å²) in [6.45, 7) is 3.28. The molecule has 0 saturated heterocycles. The maximum atomic E-state index is 10.7. The normalized spacial score (nSPS) is 16.9. The minimum absolute atomic E-state index is 0.0526. The van der Waals surface area contributed by atoms with E-state index in [0.29, 0.717) is 5.75 Å². The van der Waals surface area contributed by atoms with E-state index < -0.39 is 5.54 Å². The van der Waals surface area contributed by atoms with Crippen molar-refractivity contribution in [2.75, 3.05) is 12.0 Å². The Morgan fingerprint density at radius 2 is 2.22 bits per heavy atom. The second kappa shape index (κ2) is 3.22. The standard InChI is InChI=1S/C6H13NOS/c1-5(8)6(2,7)4-9-3/h4,7H2,1-3H3/t6-/m1/s1. The highest BCUT2D eigenvalue weighted by molar-refractivity contribution is 7.98. The number of hydrogen-bond donors (Lipinski definition) is 1. The first-order valence-electron chi connectivity index (χ1n) is 2.79. The Morgan fingerprint density at radius 3 is 2.33 bits per heavy atom. The van der Waals surface area contributed by atoms with Gasteiger partial charge in [-0.25, -0.2) is 0 Å². The summed E-state index contributed by atoms with van der Waals surface area (Å²) in [5.74, 6) is 0.749. The number of thioether (sulfide) groups is 1. The summed E-state index contributed by atoms with van der Waals surface area (Å²) in [5, 5.41) is 0. The first kappa shape index (κ1) is 8.98. The van der Waals surface area contributed by atoms with Crippen molar-refractivity contribution in [2.45, 2.75) is 19.4 Å². The highest BCUT2D eigenvalue weighted by atomic mass is 32.2. The van der Waals surface area contributed by atoms with Crippen molar-refractivity contribution >= 4 is 17.5 Å². The van der Waals surface area contributed by atoms with Crippen molar-refractivity contribution in [1.82, 2.24) is 0 Å². The minimum Gasteiger partial charge on any atom is -0.319 e. The Kier molecular flexibility index (Phi) is 3.22. The molecule has 0 unspecified atom stereocenters. The quantitative estimate of drug-likeness (QED) is 0.637. The van der Waals surface area contributed by atoms with Gasteiger partial charge in [-0.3, -0.25) is 4.79 Å². The average molecular weight is 147 g/mol. The second-order valence-electron chi connectivity index (χ2n) is 2.41. The van der Waals surface area contributed by atoms with Crippen LogP contribution in [-0.4, -0.2) is 23.3 Å². The van der Waals surface area contributed by atoms with E-state index in [1.54, 1.807) is 18.7 Å². The predicted molar refractivity (Wildman–Crippen MR) is 41.7 cm³/mol. The number of Topliss-reactive ketones (excluding diaryl/α,β-unsaturated/α-hetero) is 1. The fourth-order valence-corrected chi connectivity index (χ4v) is 1.20. The van der Waals surface area contributed by atoms with Gasteiger partial charge in [-0.05, 0) is 20.1 Å². The van der Waals surface area contributed by atoms with Gasteiger partial charge in [-0.15, -0.1) is 0 Å². The Bertz CT molecular complexity index is 112. The second-order valence-corrected chi connectivity index (χ2v) is 3.27. The van der Waals surface area contributed by atoms with E-state index in [-0.39, 0.29) is 5.78 Å². The first-order valence-corrected chi connectivity index (χ1v) is 4.19. The fourth-order valence-electron chi connectivity index (χ4n) is 0.401. The summed E-state index contributed by atoms with van der Waals surface area (Å²) in [4.78, 5) is 10.7. The van der Waals surface area contributed by atoms with Crippen LogP contribution in [0.5, 0.6) is 0 Å². The van der Waals surface area contributed by atoms with Crippen LogP contribution in [0.3, 0.4) is 0 Å². The van der Waals surface area contributed by atoms with Crippen LogP contribution in [0.15, 0.2) is 0 Å². The predicted octanol–water partition coefficient (Wildman–Crippen LogP) is 0.656. The number of nitrogens with two attached hydrogens (primary N) is 1. The third-order valence-electron chi connectivity index (χ3n) is 1.25. The molecule has 0 heterocycles. The zero-order valence-electron chi connectivity index (χ0n) is 6.10. The van der Waals surface area contributed by atoms with Gasteiger partial charge in [0.1, 0.15) is 5.78 Å². The maximum absolute atomic E-state index is 10.7. The lowest BCUT2D eigenvalue weighted by Gasteiger charge is -2.18. The number of hydrogen-bond acceptors (Lipinski definition) is 3. The van der Waals surface area contributed by atoms with Gasteiger partial charge in [-0.2, -0.15) is 11.8 Å². The molecule has 0 rings (SSSR count). The van der Waals surface area contributed by atoms with E-state index in [2.05, 4.69) is 0 Å². The average Bonchev–Trinajstić information content (AvgIpc) is 1.65. The summed E-state index contributed by atoms with van der Waals surface area (Å²) in [5.41, 5.74) is 4.97. The van der Waals surface area contributed by atoms with Crippen molar-refractivity contribution in [2.24, 2.45) is 5.73 Å². The number of carbonyl (C=O) groups excluding carboxylic acids is 1. The monoisotopic (exact) mass is 147 g/mol. The Labute approximate surface area is 60.2 Å². The largest absolute Gasteiger partial charge is 0.319 e. The van der Waals surface area contributed by atoms with Crippen LogP contribution in [0.1, 0.15) is 13.8 Å². The molecule has 54 valence electrons. The van der Waals surface area contributed by atoms with Crippen molar-refractivity contribution < 1.29 is 4.79 Å². The summed E-state index contributed by atoms with van der Waals surface area (Å²) in [6, 6.07) is 0. The van der Waals surface area contributed by atoms with Crippen molar-refractivity contribution in [3.05, 3.63) is 0 Å². The van der Waals surface area contributed by atoms with Crippen LogP contribution >= 0.6 is 11.8 Å². The van der Waals surface area contributed by atoms with Crippen molar-refractivity contribution in [3.8, 4) is 0 Å². The molecule has 0 saturated carbocycles. The molecule has 0 fully saturated rings. The molecule has 0 aliphatic carbocycles. The zero-order chi connectivity index (χ0) is 7.49. The lowest BCUT2D eigenvalue weighted by atomic mass is 10.0. The molecular weight excluding hydrogens is 134 g/mol. The number of carbonyl (C=O) groups is 1. The van der Waals surface area contributed by atoms with Crippen LogP contribution < -0.4 is 5.73 Å². The van der Waals surface area contributed by atoms with Gasteiger partial charge in [0.25, 0.3) is 0 Å². The molecule has 1 atom stereocenters. The number of ketones is 1. The van der Waals surface area contributed by atoms with E-state index in [4.69, 9.17) is 5.73 Å². The molecule has 2 N–H and O–H groups in total. The summed E-state index contributed by atoms with van der Waals surface area (Å²) in [6.07, 6.45) is 1.94. The van der Waals surface area contributed by atoms with E-state index in [1.165, 1.54) is 6.92 Å². The molecule has 0 aromatic carbocycles. The molecule has 0 bridgehead atoms. The SMILES string of the molecule is CSC[C@@](C)(N)C(C)=O. The zero-order valence-corrected chi connectivity index (χ0v) is 6.92. The molecule has 0 aromatic rings. The first-order chi connectivity index (χ1) is 4.00. The lowest BCUT2D eigenvalue weighted by Crippen LogP contribution is -2.45. The third-order valence-corrected chi connectivity index (χ3v) is 2.14. The van der Waals surface area contributed by atoms with Gasteiger partial charge in [0, 0.05) is 5.75 Å². The number of rotatable bonds is 3. The van der Waals surface area contributed by atoms with E-state index >= 15 is 0 Å². The minimum atomic E-state index is -0.626. The van der Waals surface area contributed by atoms with E-state index in [1.807, 2.05) is 6.26 Å². The molecule has 0 amide bonds. The van der Waals surface area contributed by atoms with Gasteiger partial charge in [0.05, 0.1) is 5.54 Å². The van der Waals surface area contributed by atoms with Gasteiger partial charge in [0.15, 0.2) is 0 Å². The molecule has 0 spiro atoms. The topological polar surface area (TPSA) is 43.1 Å². The van der Waals surface area contributed by atoms with Gasteiger partial charge in [0.2, 0.25) is 0 Å². The summed E-state index contributed by atoms with van der Waals surface area (Å²) in [7, 11) is 0. The molecule has 3 heteroatoms. The van der Waals surface area contributed by atoms with Crippen LogP contribution in [-0.2, 0) is 4.79 Å². The highest BCUT2D eigenvalue weighted by Gasteiger charge is 2.22.